The molecule has 0 aliphatic rings. The molecular formula is C10H19NO. The van der Waals surface area contributed by atoms with Gasteiger partial charge in [-0.15, -0.1) is 6.58 Å². The van der Waals surface area contributed by atoms with Crippen LogP contribution < -0.4 is 5.73 Å². The van der Waals surface area contributed by atoms with Crippen LogP contribution in [0.15, 0.2) is 12.2 Å². The lowest BCUT2D eigenvalue weighted by Crippen LogP contribution is -2.30. The van der Waals surface area contributed by atoms with Gasteiger partial charge in [-0.3, -0.25) is 4.79 Å². The molecule has 0 amide bonds. The molecule has 0 bridgehead atoms. The van der Waals surface area contributed by atoms with Crippen LogP contribution in [-0.4, -0.2) is 11.8 Å². The lowest BCUT2D eigenvalue weighted by molar-refractivity contribution is -0.122. The van der Waals surface area contributed by atoms with Crippen molar-refractivity contribution in [3.05, 3.63) is 12.2 Å². The topological polar surface area (TPSA) is 43.1 Å². The zero-order valence-electron chi connectivity index (χ0n) is 8.26. The molecule has 0 radical (unpaired) electrons. The van der Waals surface area contributed by atoms with Crippen molar-refractivity contribution in [1.82, 2.24) is 0 Å². The quantitative estimate of drug-likeness (QED) is 0.639. The van der Waals surface area contributed by atoms with Crippen molar-refractivity contribution in [2.24, 2.45) is 11.7 Å². The van der Waals surface area contributed by atoms with Gasteiger partial charge in [0.1, 0.15) is 5.78 Å². The number of nitrogens with two attached hydrogens (primary N) is 1. The van der Waals surface area contributed by atoms with Crippen LogP contribution in [0.2, 0.25) is 0 Å². The van der Waals surface area contributed by atoms with E-state index in [1.807, 2.05) is 20.8 Å². The summed E-state index contributed by atoms with van der Waals surface area (Å²) >= 11 is 0. The van der Waals surface area contributed by atoms with Crippen molar-refractivity contribution in [2.75, 3.05) is 0 Å². The number of allylic oxidation sites excluding steroid dienone is 1. The first-order valence-electron chi connectivity index (χ1n) is 4.37. The zero-order valence-corrected chi connectivity index (χ0v) is 8.26. The summed E-state index contributed by atoms with van der Waals surface area (Å²) in [6.45, 7) is 9.43. The van der Waals surface area contributed by atoms with Crippen LogP contribution in [-0.2, 0) is 4.79 Å². The third-order valence-electron chi connectivity index (χ3n) is 2.09. The van der Waals surface area contributed by atoms with E-state index in [1.165, 1.54) is 0 Å². The second-order valence-electron chi connectivity index (χ2n) is 3.57. The maximum Gasteiger partial charge on any atom is 0.137 e. The molecule has 0 saturated heterocycles. The van der Waals surface area contributed by atoms with Crippen LogP contribution in [0.3, 0.4) is 0 Å². The first kappa shape index (κ1) is 11.4. The molecule has 0 aliphatic carbocycles. The Morgan fingerprint density at radius 1 is 1.42 bits per heavy atom. The highest BCUT2D eigenvalue weighted by Crippen LogP contribution is 2.09. The zero-order chi connectivity index (χ0) is 9.72. The molecule has 0 aliphatic heterocycles. The Bertz CT molecular complexity index is 173. The van der Waals surface area contributed by atoms with Gasteiger partial charge in [0.15, 0.2) is 0 Å². The van der Waals surface area contributed by atoms with Gasteiger partial charge in [0.25, 0.3) is 0 Å². The molecule has 12 heavy (non-hydrogen) atoms. The van der Waals surface area contributed by atoms with Gasteiger partial charge in [-0.25, -0.2) is 0 Å². The Hall–Kier alpha value is -0.630. The Morgan fingerprint density at radius 3 is 2.25 bits per heavy atom. The molecule has 0 rings (SSSR count). The summed E-state index contributed by atoms with van der Waals surface area (Å²) in [5, 5.41) is 0. The second kappa shape index (κ2) is 5.09. The lowest BCUT2D eigenvalue weighted by Gasteiger charge is -2.13. The van der Waals surface area contributed by atoms with Crippen molar-refractivity contribution in [3.8, 4) is 0 Å². The van der Waals surface area contributed by atoms with E-state index in [9.17, 15) is 4.79 Å². The minimum atomic E-state index is -0.0392. The van der Waals surface area contributed by atoms with Crippen molar-refractivity contribution in [1.29, 1.82) is 0 Å². The predicted molar refractivity (Wildman–Crippen MR) is 51.9 cm³/mol. The Labute approximate surface area is 74.8 Å². The van der Waals surface area contributed by atoms with Crippen LogP contribution in [0.1, 0.15) is 33.6 Å². The van der Waals surface area contributed by atoms with Crippen LogP contribution in [0.25, 0.3) is 0 Å². The van der Waals surface area contributed by atoms with Gasteiger partial charge in [-0.2, -0.15) is 0 Å². The van der Waals surface area contributed by atoms with E-state index in [-0.39, 0.29) is 17.7 Å². The highest BCUT2D eigenvalue weighted by molar-refractivity contribution is 5.81. The predicted octanol–water partition coefficient (Wildman–Crippen LogP) is 1.90. The van der Waals surface area contributed by atoms with Gasteiger partial charge >= 0.3 is 0 Å². The fourth-order valence-electron chi connectivity index (χ4n) is 0.857. The van der Waals surface area contributed by atoms with Gasteiger partial charge in [0.2, 0.25) is 0 Å². The molecule has 0 spiro atoms. The standard InChI is InChI=1S/C10H19NO/c1-7(2)5-6-10(12)8(3)9(4)11/h8-9H,1,5-6,11H2,2-4H3. The molecule has 70 valence electrons. The maximum atomic E-state index is 11.4. The summed E-state index contributed by atoms with van der Waals surface area (Å²) in [6, 6.07) is -0.0392. The van der Waals surface area contributed by atoms with Crippen molar-refractivity contribution < 1.29 is 4.79 Å². The summed E-state index contributed by atoms with van der Waals surface area (Å²) in [7, 11) is 0. The van der Waals surface area contributed by atoms with E-state index >= 15 is 0 Å². The van der Waals surface area contributed by atoms with Crippen LogP contribution in [0, 0.1) is 5.92 Å². The normalized spacial score (nSPS) is 15.3. The van der Waals surface area contributed by atoms with E-state index in [4.69, 9.17) is 5.73 Å². The average Bonchev–Trinajstić information content (AvgIpc) is 1.98. The van der Waals surface area contributed by atoms with Crippen molar-refractivity contribution in [3.63, 3.8) is 0 Å². The largest absolute Gasteiger partial charge is 0.327 e. The number of rotatable bonds is 5. The van der Waals surface area contributed by atoms with Gasteiger partial charge in [0, 0.05) is 18.4 Å². The molecule has 0 aromatic rings. The smallest absolute Gasteiger partial charge is 0.137 e. The highest BCUT2D eigenvalue weighted by Gasteiger charge is 2.15. The summed E-state index contributed by atoms with van der Waals surface area (Å²) in [4.78, 5) is 11.4. The van der Waals surface area contributed by atoms with E-state index in [1.54, 1.807) is 0 Å². The van der Waals surface area contributed by atoms with Crippen LogP contribution in [0.4, 0.5) is 0 Å². The first-order chi connectivity index (χ1) is 5.45. The highest BCUT2D eigenvalue weighted by atomic mass is 16.1. The third kappa shape index (κ3) is 4.29. The Kier molecular flexibility index (Phi) is 4.83. The van der Waals surface area contributed by atoms with Gasteiger partial charge < -0.3 is 5.73 Å². The molecule has 2 N–H and O–H groups in total. The van der Waals surface area contributed by atoms with E-state index in [0.717, 1.165) is 12.0 Å². The van der Waals surface area contributed by atoms with Crippen LogP contribution in [0.5, 0.6) is 0 Å². The summed E-state index contributed by atoms with van der Waals surface area (Å²) in [5.74, 6) is 0.220. The van der Waals surface area contributed by atoms with Gasteiger partial charge in [-0.05, 0) is 20.3 Å². The first-order valence-corrected chi connectivity index (χ1v) is 4.37. The molecular weight excluding hydrogens is 150 g/mol. The molecule has 0 fully saturated rings. The van der Waals surface area contributed by atoms with Crippen molar-refractivity contribution in [2.45, 2.75) is 39.7 Å². The van der Waals surface area contributed by atoms with Crippen LogP contribution >= 0.6 is 0 Å². The minimum absolute atomic E-state index is 0.0238. The van der Waals surface area contributed by atoms with Crippen molar-refractivity contribution >= 4 is 5.78 Å². The number of hydrogen-bond acceptors (Lipinski definition) is 2. The van der Waals surface area contributed by atoms with Gasteiger partial charge in [-0.1, -0.05) is 12.5 Å². The third-order valence-corrected chi connectivity index (χ3v) is 2.09. The Morgan fingerprint density at radius 2 is 1.92 bits per heavy atom. The van der Waals surface area contributed by atoms with E-state index < -0.39 is 0 Å². The SMILES string of the molecule is C=C(C)CCC(=O)C(C)C(C)N. The molecule has 2 heteroatoms. The molecule has 0 saturated carbocycles. The molecule has 2 atom stereocenters. The molecule has 0 aromatic carbocycles. The average molecular weight is 169 g/mol. The van der Waals surface area contributed by atoms with E-state index in [2.05, 4.69) is 6.58 Å². The summed E-state index contributed by atoms with van der Waals surface area (Å²) in [6.07, 6.45) is 1.37. The number of carbonyl (C=O) groups excluding carboxylic acids is 1. The summed E-state index contributed by atoms with van der Waals surface area (Å²) in [5.41, 5.74) is 6.66. The maximum absolute atomic E-state index is 11.4. The monoisotopic (exact) mass is 169 g/mol. The van der Waals surface area contributed by atoms with Gasteiger partial charge in [0.05, 0.1) is 0 Å². The van der Waals surface area contributed by atoms with E-state index in [0.29, 0.717) is 6.42 Å². The number of hydrogen-bond donors (Lipinski definition) is 1. The number of ketones is 1. The minimum Gasteiger partial charge on any atom is -0.327 e. The Balaban J connectivity index is 3.80. The fourth-order valence-corrected chi connectivity index (χ4v) is 0.857. The summed E-state index contributed by atoms with van der Waals surface area (Å²) < 4.78 is 0. The molecule has 2 unspecified atom stereocenters. The molecule has 0 heterocycles. The molecule has 0 aromatic heterocycles. The second-order valence-corrected chi connectivity index (χ2v) is 3.57. The number of carbonyl (C=O) groups is 1. The lowest BCUT2D eigenvalue weighted by atomic mass is 9.95. The fraction of sp³-hybridized carbons (Fsp3) is 0.700. The molecule has 2 nitrogen and oxygen atoms in total. The number of Topliss-reactive ketones (excluding diaryl/α,β-unsaturated/α-hetero) is 1.